The van der Waals surface area contributed by atoms with Crippen molar-refractivity contribution >= 4 is 16.9 Å². The van der Waals surface area contributed by atoms with Crippen LogP contribution < -0.4 is 5.73 Å². The number of carbonyl (C=O) groups is 1. The lowest BCUT2D eigenvalue weighted by Gasteiger charge is -2.33. The van der Waals surface area contributed by atoms with Gasteiger partial charge in [-0.05, 0) is 75.4 Å². The maximum Gasteiger partial charge on any atom is 0.339 e. The van der Waals surface area contributed by atoms with E-state index >= 15 is 0 Å². The van der Waals surface area contributed by atoms with Crippen LogP contribution in [0, 0.1) is 6.92 Å². The third-order valence-electron chi connectivity index (χ3n) is 6.36. The molecule has 3 heterocycles. The molecule has 0 atom stereocenters. The number of esters is 1. The Bertz CT molecular complexity index is 1320. The molecule has 168 valence electrons. The van der Waals surface area contributed by atoms with Crippen molar-refractivity contribution in [1.29, 1.82) is 0 Å². The minimum Gasteiger partial charge on any atom is -0.459 e. The quantitative estimate of drug-likeness (QED) is 0.440. The number of carbonyl (C=O) groups excluding carboxylic acids is 1. The average Bonchev–Trinajstić information content (AvgIpc) is 3.30. The molecule has 1 saturated carbocycles. The molecule has 1 aliphatic carbocycles. The topological polar surface area (TPSA) is 107 Å². The van der Waals surface area contributed by atoms with Gasteiger partial charge in [0.1, 0.15) is 6.10 Å². The first-order valence-corrected chi connectivity index (χ1v) is 11.3. The molecule has 0 bridgehead atoms. The van der Waals surface area contributed by atoms with Gasteiger partial charge in [0.25, 0.3) is 0 Å². The number of benzene rings is 1. The molecule has 5 rings (SSSR count). The molecule has 0 radical (unpaired) electrons. The van der Waals surface area contributed by atoms with Crippen LogP contribution in [0.1, 0.15) is 48.7 Å². The summed E-state index contributed by atoms with van der Waals surface area (Å²) < 4.78 is 5.75. The first kappa shape index (κ1) is 21.3. The Balaban J connectivity index is 1.41. The number of nitrogens with zero attached hydrogens (tertiary/aromatic N) is 3. The van der Waals surface area contributed by atoms with E-state index in [0.29, 0.717) is 5.56 Å². The number of fused-ring (bicyclic) bond motifs is 1. The molecule has 33 heavy (non-hydrogen) atoms. The minimum absolute atomic E-state index is 0.0912. The van der Waals surface area contributed by atoms with Crippen LogP contribution in [0.5, 0.6) is 0 Å². The maximum atomic E-state index is 12.8. The molecule has 3 N–H and O–H groups in total. The fourth-order valence-corrected chi connectivity index (χ4v) is 4.38. The molecule has 7 nitrogen and oxygen atoms in total. The molecule has 4 aromatic rings. The lowest BCUT2D eigenvalue weighted by molar-refractivity contribution is 0.0152. The summed E-state index contributed by atoms with van der Waals surface area (Å²) in [7, 11) is 0. The molecule has 1 aromatic carbocycles. The van der Waals surface area contributed by atoms with Gasteiger partial charge in [0.15, 0.2) is 0 Å². The van der Waals surface area contributed by atoms with E-state index in [2.05, 4.69) is 27.1 Å². The second kappa shape index (κ2) is 8.41. The number of nitrogens with one attached hydrogen (secondary N) is 1. The third-order valence-corrected chi connectivity index (χ3v) is 6.36. The minimum atomic E-state index is -0.339. The molecule has 0 aliphatic heterocycles. The summed E-state index contributed by atoms with van der Waals surface area (Å²) in [6, 6.07) is 13.7. The van der Waals surface area contributed by atoms with Crippen LogP contribution >= 0.6 is 0 Å². The van der Waals surface area contributed by atoms with Crippen molar-refractivity contribution < 1.29 is 9.53 Å². The van der Waals surface area contributed by atoms with E-state index in [-0.39, 0.29) is 17.6 Å². The van der Waals surface area contributed by atoms with Gasteiger partial charge >= 0.3 is 5.97 Å². The summed E-state index contributed by atoms with van der Waals surface area (Å²) in [5.74, 6) is -0.339. The van der Waals surface area contributed by atoms with E-state index in [9.17, 15) is 4.79 Å². The summed E-state index contributed by atoms with van der Waals surface area (Å²) >= 11 is 0. The number of hydrogen-bond acceptors (Lipinski definition) is 6. The molecule has 0 amide bonds. The molecular weight excluding hydrogens is 414 g/mol. The Morgan fingerprint density at radius 3 is 2.76 bits per heavy atom. The maximum absolute atomic E-state index is 12.8. The Morgan fingerprint density at radius 1 is 1.15 bits per heavy atom. The fraction of sp³-hybridized carbons (Fsp3) is 0.308. The predicted octanol–water partition coefficient (Wildman–Crippen LogP) is 4.81. The molecule has 3 aromatic heterocycles. The first-order valence-electron chi connectivity index (χ1n) is 11.3. The van der Waals surface area contributed by atoms with Crippen LogP contribution in [0.2, 0.25) is 0 Å². The van der Waals surface area contributed by atoms with Gasteiger partial charge in [-0.3, -0.25) is 15.1 Å². The van der Waals surface area contributed by atoms with Crippen molar-refractivity contribution in [3.05, 3.63) is 66.1 Å². The van der Waals surface area contributed by atoms with E-state index in [1.165, 1.54) is 0 Å². The number of nitrogens with two attached hydrogens (primary N) is 1. The molecule has 0 spiro atoms. The number of aromatic nitrogens is 4. The van der Waals surface area contributed by atoms with Gasteiger partial charge in [0.05, 0.1) is 28.7 Å². The molecule has 0 unspecified atom stereocenters. The summed E-state index contributed by atoms with van der Waals surface area (Å²) in [5, 5.41) is 8.17. The third kappa shape index (κ3) is 4.50. The van der Waals surface area contributed by atoms with Crippen molar-refractivity contribution in [2.75, 3.05) is 0 Å². The van der Waals surface area contributed by atoms with E-state index in [0.717, 1.165) is 64.8 Å². The average molecular weight is 442 g/mol. The van der Waals surface area contributed by atoms with Crippen molar-refractivity contribution in [3.63, 3.8) is 0 Å². The summed E-state index contributed by atoms with van der Waals surface area (Å²) in [5.41, 5.74) is 11.8. The zero-order valence-electron chi connectivity index (χ0n) is 18.8. The number of ether oxygens (including phenoxy) is 1. The largest absolute Gasteiger partial charge is 0.459 e. The van der Waals surface area contributed by atoms with E-state index in [1.54, 1.807) is 12.4 Å². The SMILES string of the molecule is Cc1cccc(-c2[nH]ncc2-c2ccc3ncc(C(=O)O[C@H]4CC[C@](C)(N)CC4)cc3c2)n1. The molecule has 1 aliphatic rings. The van der Waals surface area contributed by atoms with Crippen LogP contribution in [0.15, 0.2) is 54.9 Å². The highest BCUT2D eigenvalue weighted by atomic mass is 16.5. The molecule has 0 saturated heterocycles. The highest BCUT2D eigenvalue weighted by Crippen LogP contribution is 2.32. The van der Waals surface area contributed by atoms with Crippen molar-refractivity contribution in [2.45, 2.75) is 51.2 Å². The standard InChI is InChI=1S/C26H27N5O2/c1-16-4-3-5-23(30-16)24-21(15-29-31-24)17-6-7-22-18(12-17)13-19(14-28-22)25(32)33-20-8-10-26(2,27)11-9-20/h3-7,12-15,20H,8-11,27H2,1-2H3,(H,29,31)/t20-,26-. The first-order chi connectivity index (χ1) is 15.9. The van der Waals surface area contributed by atoms with E-state index in [1.807, 2.05) is 49.4 Å². The number of aromatic amines is 1. The zero-order valence-corrected chi connectivity index (χ0v) is 18.8. The Morgan fingerprint density at radius 2 is 1.97 bits per heavy atom. The molecule has 7 heteroatoms. The smallest absolute Gasteiger partial charge is 0.339 e. The van der Waals surface area contributed by atoms with Crippen LogP contribution in [-0.4, -0.2) is 37.8 Å². The lowest BCUT2D eigenvalue weighted by atomic mass is 9.83. The summed E-state index contributed by atoms with van der Waals surface area (Å²) in [4.78, 5) is 21.9. The van der Waals surface area contributed by atoms with Gasteiger partial charge in [-0.15, -0.1) is 0 Å². The predicted molar refractivity (Wildman–Crippen MR) is 128 cm³/mol. The summed E-state index contributed by atoms with van der Waals surface area (Å²) in [6.45, 7) is 4.01. The second-order valence-electron chi connectivity index (χ2n) is 9.21. The Kier molecular flexibility index (Phi) is 5.42. The van der Waals surface area contributed by atoms with Crippen molar-refractivity contribution in [2.24, 2.45) is 5.73 Å². The Hall–Kier alpha value is -3.58. The van der Waals surface area contributed by atoms with Gasteiger partial charge in [-0.2, -0.15) is 5.10 Å². The molecule has 1 fully saturated rings. The number of rotatable bonds is 4. The van der Waals surface area contributed by atoms with E-state index < -0.39 is 0 Å². The zero-order chi connectivity index (χ0) is 23.0. The van der Waals surface area contributed by atoms with Gasteiger partial charge in [0.2, 0.25) is 0 Å². The number of H-pyrrole nitrogens is 1. The monoisotopic (exact) mass is 441 g/mol. The van der Waals surface area contributed by atoms with Gasteiger partial charge in [0, 0.05) is 28.4 Å². The Labute approximate surface area is 192 Å². The fourth-order valence-electron chi connectivity index (χ4n) is 4.38. The van der Waals surface area contributed by atoms with Crippen LogP contribution in [0.4, 0.5) is 0 Å². The number of hydrogen-bond donors (Lipinski definition) is 2. The van der Waals surface area contributed by atoms with Crippen molar-refractivity contribution in [1.82, 2.24) is 20.2 Å². The number of aryl methyl sites for hydroxylation is 1. The molecular formula is C26H27N5O2. The van der Waals surface area contributed by atoms with Crippen molar-refractivity contribution in [3.8, 4) is 22.5 Å². The highest BCUT2D eigenvalue weighted by Gasteiger charge is 2.29. The van der Waals surface area contributed by atoms with Crippen LogP contribution in [0.3, 0.4) is 0 Å². The van der Waals surface area contributed by atoms with Crippen LogP contribution in [0.25, 0.3) is 33.4 Å². The summed E-state index contributed by atoms with van der Waals surface area (Å²) in [6.07, 6.45) is 6.58. The second-order valence-corrected chi connectivity index (χ2v) is 9.21. The van der Waals surface area contributed by atoms with E-state index in [4.69, 9.17) is 10.5 Å². The normalized spacial score (nSPS) is 20.6. The van der Waals surface area contributed by atoms with Gasteiger partial charge < -0.3 is 10.5 Å². The lowest BCUT2D eigenvalue weighted by Crippen LogP contribution is -2.42. The van der Waals surface area contributed by atoms with Gasteiger partial charge in [-0.1, -0.05) is 12.1 Å². The van der Waals surface area contributed by atoms with Gasteiger partial charge in [-0.25, -0.2) is 4.79 Å². The van der Waals surface area contributed by atoms with Crippen LogP contribution in [-0.2, 0) is 4.74 Å². The number of pyridine rings is 2. The highest BCUT2D eigenvalue weighted by molar-refractivity contribution is 5.95.